The van der Waals surface area contributed by atoms with E-state index in [1.807, 2.05) is 0 Å². The molecule has 0 N–H and O–H groups in total. The highest BCUT2D eigenvalue weighted by atomic mass is 16.7. The lowest BCUT2D eigenvalue weighted by Gasteiger charge is -2.05. The smallest absolute Gasteiger partial charge is 0.382 e. The van der Waals surface area contributed by atoms with Gasteiger partial charge in [-0.05, 0) is 12.1 Å². The van der Waals surface area contributed by atoms with Crippen molar-refractivity contribution < 1.29 is 14.5 Å². The van der Waals surface area contributed by atoms with E-state index in [1.165, 1.54) is 12.1 Å². The van der Waals surface area contributed by atoms with Crippen LogP contribution in [-0.2, 0) is 9.53 Å². The van der Waals surface area contributed by atoms with Gasteiger partial charge in [-0.2, -0.15) is 0 Å². The van der Waals surface area contributed by atoms with E-state index in [0.717, 1.165) is 0 Å². The molecule has 0 fully saturated rings. The fourth-order valence-corrected chi connectivity index (χ4v) is 0.920. The standard InChI is InChI=1S/C8H7NO4/c10-6-13-8(9(11)12)7-4-2-1-3-5-7/h1-6,8H/t8-/m0/s1. The van der Waals surface area contributed by atoms with Crippen LogP contribution in [0.3, 0.4) is 0 Å². The topological polar surface area (TPSA) is 69.4 Å². The predicted molar refractivity (Wildman–Crippen MR) is 43.3 cm³/mol. The summed E-state index contributed by atoms with van der Waals surface area (Å²) in [6.45, 7) is 0.0699. The van der Waals surface area contributed by atoms with Crippen LogP contribution in [0.15, 0.2) is 30.3 Å². The molecule has 0 heterocycles. The second-order valence-corrected chi connectivity index (χ2v) is 2.28. The summed E-state index contributed by atoms with van der Waals surface area (Å²) in [5.41, 5.74) is 0.347. The SMILES string of the molecule is O=CO[C@@H](c1ccccc1)[N+](=O)[O-]. The van der Waals surface area contributed by atoms with Crippen LogP contribution in [0.4, 0.5) is 0 Å². The molecular formula is C8H7NO4. The molecule has 1 aromatic rings. The van der Waals surface area contributed by atoms with Crippen molar-refractivity contribution in [2.45, 2.75) is 6.23 Å². The predicted octanol–water partition coefficient (Wildman–Crippen LogP) is 1.13. The third kappa shape index (κ3) is 2.26. The minimum Gasteiger partial charge on any atom is -0.396 e. The van der Waals surface area contributed by atoms with Crippen molar-refractivity contribution in [2.24, 2.45) is 0 Å². The van der Waals surface area contributed by atoms with Gasteiger partial charge in [-0.3, -0.25) is 14.9 Å². The van der Waals surface area contributed by atoms with Gasteiger partial charge in [0.2, 0.25) is 0 Å². The minimum absolute atomic E-state index is 0.0699. The summed E-state index contributed by atoms with van der Waals surface area (Å²) in [7, 11) is 0. The Morgan fingerprint density at radius 2 is 2.00 bits per heavy atom. The Hall–Kier alpha value is -1.91. The summed E-state index contributed by atoms with van der Waals surface area (Å²) >= 11 is 0. The molecule has 0 radical (unpaired) electrons. The maximum absolute atomic E-state index is 10.4. The van der Waals surface area contributed by atoms with Gasteiger partial charge in [0.25, 0.3) is 6.47 Å². The zero-order valence-electron chi connectivity index (χ0n) is 6.62. The number of carbonyl (C=O) groups is 1. The Morgan fingerprint density at radius 3 is 2.46 bits per heavy atom. The molecule has 0 amide bonds. The summed E-state index contributed by atoms with van der Waals surface area (Å²) in [4.78, 5) is 19.7. The number of carbonyl (C=O) groups excluding carboxylic acids is 1. The molecule has 0 saturated heterocycles. The molecule has 0 saturated carbocycles. The molecule has 1 atom stereocenters. The molecular weight excluding hydrogens is 174 g/mol. The van der Waals surface area contributed by atoms with E-state index in [2.05, 4.69) is 4.74 Å². The third-order valence-corrected chi connectivity index (χ3v) is 1.46. The largest absolute Gasteiger partial charge is 0.396 e. The first-order chi connectivity index (χ1) is 6.25. The number of hydrogen-bond donors (Lipinski definition) is 0. The molecule has 68 valence electrons. The lowest BCUT2D eigenvalue weighted by atomic mass is 10.2. The number of benzene rings is 1. The van der Waals surface area contributed by atoms with E-state index in [1.54, 1.807) is 18.2 Å². The van der Waals surface area contributed by atoms with Crippen LogP contribution < -0.4 is 0 Å². The van der Waals surface area contributed by atoms with E-state index in [-0.39, 0.29) is 6.47 Å². The Morgan fingerprint density at radius 1 is 1.38 bits per heavy atom. The molecule has 5 nitrogen and oxygen atoms in total. The van der Waals surface area contributed by atoms with Crippen LogP contribution in [0.2, 0.25) is 0 Å². The summed E-state index contributed by atoms with van der Waals surface area (Å²) in [5.74, 6) is 0. The molecule has 5 heteroatoms. The second kappa shape index (κ2) is 4.20. The molecule has 1 rings (SSSR count). The van der Waals surface area contributed by atoms with Crippen molar-refractivity contribution in [3.8, 4) is 0 Å². The van der Waals surface area contributed by atoms with Gasteiger partial charge in [-0.1, -0.05) is 18.2 Å². The first-order valence-electron chi connectivity index (χ1n) is 3.53. The summed E-state index contributed by atoms with van der Waals surface area (Å²) in [5, 5.41) is 10.4. The van der Waals surface area contributed by atoms with E-state index in [0.29, 0.717) is 5.56 Å². The Balaban J connectivity index is 2.88. The van der Waals surface area contributed by atoms with Gasteiger partial charge in [-0.25, -0.2) is 0 Å². The van der Waals surface area contributed by atoms with Crippen molar-refractivity contribution in [2.75, 3.05) is 0 Å². The van der Waals surface area contributed by atoms with Gasteiger partial charge in [0.15, 0.2) is 0 Å². The quantitative estimate of drug-likeness (QED) is 0.302. The third-order valence-electron chi connectivity index (χ3n) is 1.46. The molecule has 0 aliphatic carbocycles. The monoisotopic (exact) mass is 181 g/mol. The lowest BCUT2D eigenvalue weighted by Crippen LogP contribution is -2.13. The van der Waals surface area contributed by atoms with Crippen LogP contribution >= 0.6 is 0 Å². The highest BCUT2D eigenvalue weighted by Gasteiger charge is 2.22. The summed E-state index contributed by atoms with van der Waals surface area (Å²) in [6.07, 6.45) is -1.40. The van der Waals surface area contributed by atoms with Crippen molar-refractivity contribution in [3.63, 3.8) is 0 Å². The molecule has 0 aliphatic rings. The molecule has 0 aromatic heterocycles. The van der Waals surface area contributed by atoms with Gasteiger partial charge < -0.3 is 4.74 Å². The summed E-state index contributed by atoms with van der Waals surface area (Å²) in [6, 6.07) is 8.05. The van der Waals surface area contributed by atoms with Crippen molar-refractivity contribution in [1.82, 2.24) is 0 Å². The molecule has 1 aromatic carbocycles. The Labute approximate surface area is 74.1 Å². The van der Waals surface area contributed by atoms with Crippen molar-refractivity contribution in [3.05, 3.63) is 46.0 Å². The van der Waals surface area contributed by atoms with E-state index < -0.39 is 11.2 Å². The Bertz CT molecular complexity index is 298. The molecule has 0 spiro atoms. The van der Waals surface area contributed by atoms with Crippen LogP contribution in [0.5, 0.6) is 0 Å². The highest BCUT2D eigenvalue weighted by Crippen LogP contribution is 2.15. The number of nitro groups is 1. The van der Waals surface area contributed by atoms with Crippen LogP contribution in [-0.4, -0.2) is 11.4 Å². The van der Waals surface area contributed by atoms with Crippen molar-refractivity contribution >= 4 is 6.47 Å². The fourth-order valence-electron chi connectivity index (χ4n) is 0.920. The van der Waals surface area contributed by atoms with Crippen LogP contribution in [0, 0.1) is 10.1 Å². The van der Waals surface area contributed by atoms with Gasteiger partial charge >= 0.3 is 6.23 Å². The Kier molecular flexibility index (Phi) is 2.97. The van der Waals surface area contributed by atoms with E-state index >= 15 is 0 Å². The summed E-state index contributed by atoms with van der Waals surface area (Å²) < 4.78 is 4.31. The zero-order valence-corrected chi connectivity index (χ0v) is 6.62. The van der Waals surface area contributed by atoms with E-state index in [9.17, 15) is 14.9 Å². The van der Waals surface area contributed by atoms with Gasteiger partial charge in [0.1, 0.15) is 0 Å². The highest BCUT2D eigenvalue weighted by molar-refractivity contribution is 5.38. The minimum atomic E-state index is -1.40. The first-order valence-corrected chi connectivity index (χ1v) is 3.53. The van der Waals surface area contributed by atoms with Crippen LogP contribution in [0.25, 0.3) is 0 Å². The maximum Gasteiger partial charge on any atom is 0.382 e. The normalized spacial score (nSPS) is 11.7. The molecule has 0 unspecified atom stereocenters. The number of ether oxygens (including phenoxy) is 1. The van der Waals surface area contributed by atoms with Gasteiger partial charge in [-0.15, -0.1) is 0 Å². The molecule has 13 heavy (non-hydrogen) atoms. The van der Waals surface area contributed by atoms with E-state index in [4.69, 9.17) is 0 Å². The zero-order chi connectivity index (χ0) is 9.68. The molecule has 0 aliphatic heterocycles. The average molecular weight is 181 g/mol. The first kappa shape index (κ1) is 9.18. The lowest BCUT2D eigenvalue weighted by molar-refractivity contribution is -0.574. The molecule has 0 bridgehead atoms. The second-order valence-electron chi connectivity index (χ2n) is 2.28. The van der Waals surface area contributed by atoms with Crippen LogP contribution in [0.1, 0.15) is 11.8 Å². The number of nitrogens with zero attached hydrogens (tertiary/aromatic N) is 1. The average Bonchev–Trinajstić information content (AvgIpc) is 2.15. The number of hydrogen-bond acceptors (Lipinski definition) is 4. The van der Waals surface area contributed by atoms with Gasteiger partial charge in [0, 0.05) is 0 Å². The fraction of sp³-hybridized carbons (Fsp3) is 0.125. The number of rotatable bonds is 4. The van der Waals surface area contributed by atoms with Gasteiger partial charge in [0.05, 0.1) is 10.5 Å². The van der Waals surface area contributed by atoms with Crippen molar-refractivity contribution in [1.29, 1.82) is 0 Å². The maximum atomic E-state index is 10.4.